The molecule has 0 saturated carbocycles. The van der Waals surface area contributed by atoms with E-state index in [0.717, 1.165) is 4.88 Å². The summed E-state index contributed by atoms with van der Waals surface area (Å²) < 4.78 is 1.78. The van der Waals surface area contributed by atoms with Gasteiger partial charge in [0.15, 0.2) is 11.0 Å². The topological polar surface area (TPSA) is 103 Å². The van der Waals surface area contributed by atoms with Crippen LogP contribution < -0.4 is 11.1 Å². The van der Waals surface area contributed by atoms with Gasteiger partial charge < -0.3 is 15.6 Å². The van der Waals surface area contributed by atoms with Crippen LogP contribution in [0.4, 0.5) is 5.69 Å². The predicted octanol–water partition coefficient (Wildman–Crippen LogP) is 4.57. The number of aromatic nitrogens is 3. The number of thiophene rings is 1. The second kappa shape index (κ2) is 9.82. The van der Waals surface area contributed by atoms with E-state index >= 15 is 0 Å². The Labute approximate surface area is 189 Å². The van der Waals surface area contributed by atoms with E-state index in [1.165, 1.54) is 35.2 Å². The third-order valence-corrected chi connectivity index (χ3v) is 6.52. The Balaban J connectivity index is 1.72. The van der Waals surface area contributed by atoms with Crippen LogP contribution in [0.3, 0.4) is 0 Å². The number of anilines is 1. The van der Waals surface area contributed by atoms with Crippen molar-refractivity contribution in [1.29, 1.82) is 0 Å². The second-order valence-electron chi connectivity index (χ2n) is 5.73. The molecule has 0 aliphatic carbocycles. The van der Waals surface area contributed by atoms with Crippen LogP contribution in [0.5, 0.6) is 0 Å². The average molecular weight is 491 g/mol. The molecule has 7 nitrogen and oxygen atoms in total. The Morgan fingerprint density at radius 1 is 1.17 bits per heavy atom. The number of carbonyl (C=O) groups excluding carboxylic acids is 2. The number of nitrogens with two attached hydrogens (primary N) is 1. The Morgan fingerprint density at radius 3 is 2.62 bits per heavy atom. The molecule has 12 heteroatoms. The summed E-state index contributed by atoms with van der Waals surface area (Å²) in [6.45, 7) is 0.318. The summed E-state index contributed by atoms with van der Waals surface area (Å²) in [5.41, 5.74) is 5.64. The summed E-state index contributed by atoms with van der Waals surface area (Å²) in [5.74, 6) is -0.0664. The molecule has 0 unspecified atom stereocenters. The van der Waals surface area contributed by atoms with E-state index < -0.39 is 5.91 Å². The molecule has 0 bridgehead atoms. The van der Waals surface area contributed by atoms with Crippen LogP contribution in [0.25, 0.3) is 10.7 Å². The van der Waals surface area contributed by atoms with Gasteiger partial charge in [0.1, 0.15) is 0 Å². The number of rotatable bonds is 8. The van der Waals surface area contributed by atoms with Crippen LogP contribution >= 0.6 is 57.9 Å². The summed E-state index contributed by atoms with van der Waals surface area (Å²) in [4.78, 5) is 24.5. The van der Waals surface area contributed by atoms with Crippen molar-refractivity contribution in [3.8, 4) is 10.7 Å². The van der Waals surface area contributed by atoms with Gasteiger partial charge in [-0.2, -0.15) is 0 Å². The van der Waals surface area contributed by atoms with E-state index in [4.69, 9.17) is 40.5 Å². The number of carbonyl (C=O) groups is 2. The molecule has 0 spiro atoms. The number of nitrogens with zero attached hydrogens (tertiary/aromatic N) is 3. The van der Waals surface area contributed by atoms with Crippen molar-refractivity contribution in [3.05, 3.63) is 44.7 Å². The van der Waals surface area contributed by atoms with Gasteiger partial charge in [-0.25, -0.2) is 0 Å². The molecule has 0 aliphatic rings. The van der Waals surface area contributed by atoms with Crippen LogP contribution in [-0.2, 0) is 16.1 Å². The van der Waals surface area contributed by atoms with Crippen LogP contribution in [0, 0.1) is 0 Å². The first-order valence-electron chi connectivity index (χ1n) is 8.17. The Kier molecular flexibility index (Phi) is 7.42. The first-order chi connectivity index (χ1) is 13.8. The van der Waals surface area contributed by atoms with Gasteiger partial charge in [0, 0.05) is 13.0 Å². The zero-order valence-corrected chi connectivity index (χ0v) is 18.6. The van der Waals surface area contributed by atoms with Crippen molar-refractivity contribution in [1.82, 2.24) is 14.8 Å². The third-order valence-electron chi connectivity index (χ3n) is 3.66. The Morgan fingerprint density at radius 2 is 1.93 bits per heavy atom. The Bertz CT molecular complexity index is 1040. The van der Waals surface area contributed by atoms with E-state index in [2.05, 4.69) is 15.5 Å². The molecular formula is C17H14Cl3N5O2S2. The zero-order valence-electron chi connectivity index (χ0n) is 14.7. The number of hydrogen-bond donors (Lipinski definition) is 2. The largest absolute Gasteiger partial charge is 0.370 e. The maximum atomic E-state index is 12.4. The van der Waals surface area contributed by atoms with E-state index in [-0.39, 0.29) is 28.1 Å². The van der Waals surface area contributed by atoms with Gasteiger partial charge in [-0.15, -0.1) is 21.5 Å². The highest BCUT2D eigenvalue weighted by Gasteiger charge is 2.17. The number of nitrogens with one attached hydrogen (secondary N) is 1. The van der Waals surface area contributed by atoms with Crippen molar-refractivity contribution in [3.63, 3.8) is 0 Å². The lowest BCUT2D eigenvalue weighted by atomic mass is 10.3. The molecule has 1 aromatic carbocycles. The summed E-state index contributed by atoms with van der Waals surface area (Å²) in [5, 5.41) is 14.3. The zero-order chi connectivity index (χ0) is 21.0. The molecule has 2 aromatic heterocycles. The van der Waals surface area contributed by atoms with Gasteiger partial charge in [0.25, 0.3) is 0 Å². The van der Waals surface area contributed by atoms with Crippen molar-refractivity contribution >= 4 is 75.4 Å². The predicted molar refractivity (Wildman–Crippen MR) is 118 cm³/mol. The quantitative estimate of drug-likeness (QED) is 0.355. The SMILES string of the molecule is NC(=O)CCn1c(SCC(=O)Nc2cc(Cl)c(Cl)cc2Cl)nnc1-c1cccs1. The van der Waals surface area contributed by atoms with Crippen molar-refractivity contribution < 1.29 is 9.59 Å². The highest BCUT2D eigenvalue weighted by molar-refractivity contribution is 7.99. The maximum absolute atomic E-state index is 12.4. The summed E-state index contributed by atoms with van der Waals surface area (Å²) >= 11 is 20.6. The lowest BCUT2D eigenvalue weighted by Gasteiger charge is -2.10. The summed E-state index contributed by atoms with van der Waals surface area (Å²) in [6, 6.07) is 6.75. The van der Waals surface area contributed by atoms with E-state index in [0.29, 0.717) is 28.2 Å². The van der Waals surface area contributed by atoms with Crippen LogP contribution in [0.15, 0.2) is 34.8 Å². The number of halogens is 3. The summed E-state index contributed by atoms with van der Waals surface area (Å²) in [6.07, 6.45) is 0.134. The van der Waals surface area contributed by atoms with E-state index in [1.807, 2.05) is 17.5 Å². The molecule has 29 heavy (non-hydrogen) atoms. The molecule has 0 aliphatic heterocycles. The average Bonchev–Trinajstić information content (AvgIpc) is 3.32. The minimum atomic E-state index is -0.432. The highest BCUT2D eigenvalue weighted by Crippen LogP contribution is 2.32. The van der Waals surface area contributed by atoms with Gasteiger partial charge >= 0.3 is 0 Å². The standard InChI is InChI=1S/C17H14Cl3N5O2S2/c18-9-6-11(20)12(7-10(9)19)22-15(27)8-29-17-24-23-16(13-2-1-5-28-13)25(17)4-3-14(21)26/h1-2,5-7H,3-4,8H2,(H2,21,26)(H,22,27). The number of hydrogen-bond acceptors (Lipinski definition) is 6. The molecular weight excluding hydrogens is 477 g/mol. The van der Waals surface area contributed by atoms with E-state index in [9.17, 15) is 9.59 Å². The van der Waals surface area contributed by atoms with Gasteiger partial charge in [-0.3, -0.25) is 9.59 Å². The van der Waals surface area contributed by atoms with Crippen molar-refractivity contribution in [2.75, 3.05) is 11.1 Å². The maximum Gasteiger partial charge on any atom is 0.234 e. The molecule has 2 amide bonds. The van der Waals surface area contributed by atoms with Gasteiger partial charge in [-0.1, -0.05) is 52.6 Å². The minimum Gasteiger partial charge on any atom is -0.370 e. The van der Waals surface area contributed by atoms with Gasteiger partial charge in [0.2, 0.25) is 11.8 Å². The van der Waals surface area contributed by atoms with Crippen LogP contribution in [0.1, 0.15) is 6.42 Å². The normalized spacial score (nSPS) is 10.9. The molecule has 0 atom stereocenters. The monoisotopic (exact) mass is 489 g/mol. The van der Waals surface area contributed by atoms with Crippen molar-refractivity contribution in [2.45, 2.75) is 18.1 Å². The minimum absolute atomic E-state index is 0.0513. The second-order valence-corrected chi connectivity index (χ2v) is 8.85. The number of amides is 2. The van der Waals surface area contributed by atoms with Crippen LogP contribution in [-0.4, -0.2) is 32.3 Å². The smallest absolute Gasteiger partial charge is 0.234 e. The first-order valence-corrected chi connectivity index (χ1v) is 11.2. The third kappa shape index (κ3) is 5.64. The molecule has 152 valence electrons. The molecule has 0 fully saturated rings. The number of benzene rings is 1. The molecule has 3 rings (SSSR count). The molecule has 3 aromatic rings. The fourth-order valence-electron chi connectivity index (χ4n) is 2.34. The Hall–Kier alpha value is -1.78. The lowest BCUT2D eigenvalue weighted by molar-refractivity contribution is -0.118. The van der Waals surface area contributed by atoms with Gasteiger partial charge in [0.05, 0.1) is 31.4 Å². The van der Waals surface area contributed by atoms with Gasteiger partial charge in [-0.05, 0) is 23.6 Å². The lowest BCUT2D eigenvalue weighted by Crippen LogP contribution is -2.16. The summed E-state index contributed by atoms with van der Waals surface area (Å²) in [7, 11) is 0. The fourth-order valence-corrected chi connectivity index (χ4v) is 4.42. The van der Waals surface area contributed by atoms with Crippen molar-refractivity contribution in [2.24, 2.45) is 5.73 Å². The first kappa shape index (κ1) is 21.9. The molecule has 0 radical (unpaired) electrons. The molecule has 3 N–H and O–H groups in total. The molecule has 0 saturated heterocycles. The molecule has 2 heterocycles. The fraction of sp³-hybridized carbons (Fsp3) is 0.176. The van der Waals surface area contributed by atoms with E-state index in [1.54, 1.807) is 4.57 Å². The van der Waals surface area contributed by atoms with Crippen LogP contribution in [0.2, 0.25) is 15.1 Å². The number of thioether (sulfide) groups is 1. The number of primary amides is 1. The highest BCUT2D eigenvalue weighted by atomic mass is 35.5.